The summed E-state index contributed by atoms with van der Waals surface area (Å²) in [4.78, 5) is 0. The van der Waals surface area contributed by atoms with Gasteiger partial charge >= 0.3 is 0 Å². The standard InChI is InChI=1S/C16H10BrFO/c17-14-7-3-6-12(15(14)18)13-9-8-10-4-1-2-5-11(10)16(13)19/h1-9,19H/i1D,2D,4D,5D. The number of hydrogen-bond donors (Lipinski definition) is 1. The molecule has 3 aromatic carbocycles. The van der Waals surface area contributed by atoms with Gasteiger partial charge in [0.1, 0.15) is 11.6 Å². The second-order valence-corrected chi connectivity index (χ2v) is 4.84. The second kappa shape index (κ2) is 4.67. The van der Waals surface area contributed by atoms with Crippen LogP contribution in [0.3, 0.4) is 0 Å². The van der Waals surface area contributed by atoms with E-state index in [0.717, 1.165) is 0 Å². The van der Waals surface area contributed by atoms with Crippen molar-refractivity contribution < 1.29 is 15.0 Å². The molecule has 0 saturated heterocycles. The second-order valence-electron chi connectivity index (χ2n) is 3.99. The van der Waals surface area contributed by atoms with Crippen LogP contribution in [0.1, 0.15) is 5.48 Å². The molecule has 1 N–H and O–H groups in total. The summed E-state index contributed by atoms with van der Waals surface area (Å²) in [5.41, 5.74) is 0.313. The first-order chi connectivity index (χ1) is 10.8. The lowest BCUT2D eigenvalue weighted by Crippen LogP contribution is -1.87. The topological polar surface area (TPSA) is 20.2 Å². The van der Waals surface area contributed by atoms with Crippen molar-refractivity contribution in [3.63, 3.8) is 0 Å². The van der Waals surface area contributed by atoms with Crippen LogP contribution in [0.15, 0.2) is 59.0 Å². The van der Waals surface area contributed by atoms with E-state index >= 15 is 0 Å². The minimum atomic E-state index is -0.553. The van der Waals surface area contributed by atoms with Crippen LogP contribution in [-0.2, 0) is 0 Å². The Labute approximate surface area is 124 Å². The first kappa shape index (κ1) is 8.33. The van der Waals surface area contributed by atoms with Crippen molar-refractivity contribution >= 4 is 26.7 Å². The highest BCUT2D eigenvalue weighted by Gasteiger charge is 2.13. The van der Waals surface area contributed by atoms with Crippen molar-refractivity contribution in [2.75, 3.05) is 0 Å². The van der Waals surface area contributed by atoms with Crippen molar-refractivity contribution in [1.82, 2.24) is 0 Å². The summed E-state index contributed by atoms with van der Waals surface area (Å²) in [6.45, 7) is 0. The molecule has 0 spiro atoms. The van der Waals surface area contributed by atoms with Crippen molar-refractivity contribution in [3.05, 3.63) is 64.8 Å². The fourth-order valence-electron chi connectivity index (χ4n) is 1.94. The first-order valence-corrected chi connectivity index (χ1v) is 6.30. The van der Waals surface area contributed by atoms with Crippen LogP contribution in [0.4, 0.5) is 4.39 Å². The molecule has 0 unspecified atom stereocenters. The molecule has 0 aliphatic heterocycles. The van der Waals surface area contributed by atoms with Gasteiger partial charge in [-0.05, 0) is 33.4 Å². The third kappa shape index (κ3) is 2.00. The molecule has 94 valence electrons. The number of benzene rings is 3. The summed E-state index contributed by atoms with van der Waals surface area (Å²) >= 11 is 3.09. The third-order valence-corrected chi connectivity index (χ3v) is 3.48. The number of fused-ring (bicyclic) bond motifs is 1. The minimum absolute atomic E-state index is 0.0205. The van der Waals surface area contributed by atoms with E-state index in [9.17, 15) is 9.50 Å². The Kier molecular flexibility index (Phi) is 2.05. The summed E-state index contributed by atoms with van der Waals surface area (Å²) in [7, 11) is 0. The molecule has 0 aliphatic carbocycles. The highest BCUT2D eigenvalue weighted by Crippen LogP contribution is 2.38. The zero-order valence-corrected chi connectivity index (χ0v) is 11.2. The summed E-state index contributed by atoms with van der Waals surface area (Å²) < 4.78 is 45.8. The Morgan fingerprint density at radius 1 is 1.05 bits per heavy atom. The lowest BCUT2D eigenvalue weighted by molar-refractivity contribution is 0.483. The van der Waals surface area contributed by atoms with Crippen LogP contribution >= 0.6 is 15.9 Å². The third-order valence-electron chi connectivity index (χ3n) is 2.87. The molecule has 19 heavy (non-hydrogen) atoms. The molecule has 3 rings (SSSR count). The molecule has 0 heterocycles. The quantitative estimate of drug-likeness (QED) is 0.660. The summed E-state index contributed by atoms with van der Waals surface area (Å²) in [6, 6.07) is 6.15. The zero-order chi connectivity index (χ0) is 16.9. The van der Waals surface area contributed by atoms with Gasteiger partial charge in [-0.1, -0.05) is 42.4 Å². The molecule has 3 heteroatoms. The van der Waals surface area contributed by atoms with Gasteiger partial charge in [0.25, 0.3) is 0 Å². The van der Waals surface area contributed by atoms with Crippen LogP contribution in [0, 0.1) is 5.82 Å². The Morgan fingerprint density at radius 2 is 1.84 bits per heavy atom. The number of hydrogen-bond acceptors (Lipinski definition) is 1. The predicted molar refractivity (Wildman–Crippen MR) is 78.7 cm³/mol. The summed E-state index contributed by atoms with van der Waals surface area (Å²) in [5, 5.41) is 10.7. The number of phenols is 1. The van der Waals surface area contributed by atoms with Crippen molar-refractivity contribution in [2.45, 2.75) is 0 Å². The van der Waals surface area contributed by atoms with E-state index in [2.05, 4.69) is 15.9 Å². The van der Waals surface area contributed by atoms with E-state index in [4.69, 9.17) is 5.48 Å². The Morgan fingerprint density at radius 3 is 2.68 bits per heavy atom. The maximum Gasteiger partial charge on any atom is 0.145 e. The van der Waals surface area contributed by atoms with Crippen LogP contribution in [0.2, 0.25) is 0 Å². The molecule has 3 aromatic rings. The molecule has 0 amide bonds. The van der Waals surface area contributed by atoms with Gasteiger partial charge in [-0.3, -0.25) is 0 Å². The van der Waals surface area contributed by atoms with E-state index < -0.39 is 11.9 Å². The molecule has 0 bridgehead atoms. The van der Waals surface area contributed by atoms with Gasteiger partial charge in [0, 0.05) is 16.5 Å². The smallest absolute Gasteiger partial charge is 0.145 e. The molecule has 1 nitrogen and oxygen atoms in total. The van der Waals surface area contributed by atoms with Gasteiger partial charge < -0.3 is 5.11 Å². The van der Waals surface area contributed by atoms with Gasteiger partial charge in [-0.15, -0.1) is 0 Å². The monoisotopic (exact) mass is 320 g/mol. The maximum atomic E-state index is 14.3. The van der Waals surface area contributed by atoms with Gasteiger partial charge in [0.15, 0.2) is 0 Å². The van der Waals surface area contributed by atoms with E-state index in [1.807, 2.05) is 0 Å². The molecular formula is C16H10BrFO. The number of aromatic hydroxyl groups is 1. The van der Waals surface area contributed by atoms with Gasteiger partial charge in [0.05, 0.1) is 9.96 Å². The summed E-state index contributed by atoms with van der Waals surface area (Å²) in [5.74, 6) is -0.922. The van der Waals surface area contributed by atoms with Crippen molar-refractivity contribution in [2.24, 2.45) is 0 Å². The SMILES string of the molecule is [2H]c1c([2H])c([2H])c2c(O)c(-c3cccc(Br)c3F)ccc2c1[2H]. The minimum Gasteiger partial charge on any atom is -0.507 e. The van der Waals surface area contributed by atoms with E-state index in [1.54, 1.807) is 6.07 Å². The molecule has 0 aromatic heterocycles. The average Bonchev–Trinajstić information content (AvgIpc) is 2.53. The van der Waals surface area contributed by atoms with E-state index in [0.29, 0.717) is 0 Å². The lowest BCUT2D eigenvalue weighted by Gasteiger charge is -2.09. The van der Waals surface area contributed by atoms with Gasteiger partial charge in [-0.2, -0.15) is 0 Å². The lowest BCUT2D eigenvalue weighted by atomic mass is 9.99. The molecule has 0 fully saturated rings. The Bertz CT molecular complexity index is 959. The fourth-order valence-corrected chi connectivity index (χ4v) is 2.31. The molecule has 0 aliphatic rings. The average molecular weight is 321 g/mol. The van der Waals surface area contributed by atoms with Crippen molar-refractivity contribution in [1.29, 1.82) is 0 Å². The van der Waals surface area contributed by atoms with Gasteiger partial charge in [-0.25, -0.2) is 4.39 Å². The highest BCUT2D eigenvalue weighted by molar-refractivity contribution is 9.10. The fraction of sp³-hybridized carbons (Fsp3) is 0. The van der Waals surface area contributed by atoms with E-state index in [-0.39, 0.29) is 50.2 Å². The van der Waals surface area contributed by atoms with Crippen molar-refractivity contribution in [3.8, 4) is 16.9 Å². The Balaban J connectivity index is 2.43. The molecular weight excluding hydrogens is 307 g/mol. The predicted octanol–water partition coefficient (Wildman–Crippen LogP) is 5.11. The van der Waals surface area contributed by atoms with Gasteiger partial charge in [0.2, 0.25) is 0 Å². The van der Waals surface area contributed by atoms with Crippen LogP contribution in [0.25, 0.3) is 21.9 Å². The van der Waals surface area contributed by atoms with Crippen LogP contribution in [-0.4, -0.2) is 5.11 Å². The maximum absolute atomic E-state index is 14.3. The van der Waals surface area contributed by atoms with Crippen LogP contribution in [0.5, 0.6) is 5.75 Å². The molecule has 0 atom stereocenters. The molecule has 0 radical (unpaired) electrons. The van der Waals surface area contributed by atoms with Crippen LogP contribution < -0.4 is 0 Å². The number of rotatable bonds is 1. The number of halogens is 2. The van der Waals surface area contributed by atoms with E-state index in [1.165, 1.54) is 24.3 Å². The normalized spacial score (nSPS) is 13.8. The first-order valence-electron chi connectivity index (χ1n) is 7.51. The number of phenolic OH excluding ortho intramolecular Hbond substituents is 1. The Hall–Kier alpha value is -1.87. The zero-order valence-electron chi connectivity index (χ0n) is 13.6. The largest absolute Gasteiger partial charge is 0.507 e. The summed E-state index contributed by atoms with van der Waals surface area (Å²) in [6.07, 6.45) is 0. The highest BCUT2D eigenvalue weighted by atomic mass is 79.9. The molecule has 0 saturated carbocycles.